The van der Waals surface area contributed by atoms with Crippen molar-refractivity contribution in [2.45, 2.75) is 31.9 Å². The molecule has 1 heterocycles. The molecule has 98 valence electrons. The lowest BCUT2D eigenvalue weighted by Crippen LogP contribution is -2.48. The largest absolute Gasteiger partial charge is 0.467 e. The average molecular weight is 244 g/mol. The van der Waals surface area contributed by atoms with E-state index in [-0.39, 0.29) is 12.0 Å². The molecule has 1 fully saturated rings. The number of amides is 1. The van der Waals surface area contributed by atoms with Gasteiger partial charge in [0, 0.05) is 26.6 Å². The van der Waals surface area contributed by atoms with Gasteiger partial charge >= 0.3 is 5.97 Å². The van der Waals surface area contributed by atoms with Gasteiger partial charge in [-0.05, 0) is 12.8 Å². The summed E-state index contributed by atoms with van der Waals surface area (Å²) < 4.78 is 10.0. The molecule has 17 heavy (non-hydrogen) atoms. The van der Waals surface area contributed by atoms with Crippen LogP contribution in [0.2, 0.25) is 0 Å². The zero-order chi connectivity index (χ0) is 12.7. The van der Waals surface area contributed by atoms with Gasteiger partial charge in [-0.15, -0.1) is 0 Å². The van der Waals surface area contributed by atoms with Crippen LogP contribution >= 0.6 is 0 Å². The monoisotopic (exact) mass is 244 g/mol. The summed E-state index contributed by atoms with van der Waals surface area (Å²) in [6.45, 7) is 3.22. The highest BCUT2D eigenvalue weighted by atomic mass is 16.5. The van der Waals surface area contributed by atoms with Gasteiger partial charge in [0.1, 0.15) is 6.04 Å². The highest BCUT2D eigenvalue weighted by Gasteiger charge is 2.21. The number of carbonyl (C=O) groups excluding carboxylic acids is 2. The topological polar surface area (TPSA) is 76.7 Å². The van der Waals surface area contributed by atoms with Crippen molar-refractivity contribution in [2.24, 2.45) is 0 Å². The summed E-state index contributed by atoms with van der Waals surface area (Å²) in [4.78, 5) is 22.3. The fourth-order valence-electron chi connectivity index (χ4n) is 1.77. The molecular weight excluding hydrogens is 224 g/mol. The second-order valence-electron chi connectivity index (χ2n) is 4.07. The quantitative estimate of drug-likeness (QED) is 0.612. The maximum Gasteiger partial charge on any atom is 0.329 e. The first-order chi connectivity index (χ1) is 8.13. The molecule has 0 aromatic carbocycles. The van der Waals surface area contributed by atoms with Crippen molar-refractivity contribution >= 4 is 11.9 Å². The minimum Gasteiger partial charge on any atom is -0.467 e. The molecule has 0 bridgehead atoms. The van der Waals surface area contributed by atoms with Crippen LogP contribution in [0.5, 0.6) is 0 Å². The maximum atomic E-state index is 11.4. The van der Waals surface area contributed by atoms with Crippen LogP contribution in [0.4, 0.5) is 0 Å². The summed E-state index contributed by atoms with van der Waals surface area (Å²) in [6, 6.07) is -0.640. The van der Waals surface area contributed by atoms with E-state index in [4.69, 9.17) is 4.74 Å². The van der Waals surface area contributed by atoms with Gasteiger partial charge in [0.25, 0.3) is 0 Å². The summed E-state index contributed by atoms with van der Waals surface area (Å²) in [7, 11) is 1.30. The van der Waals surface area contributed by atoms with E-state index in [1.165, 1.54) is 14.0 Å². The van der Waals surface area contributed by atoms with Crippen molar-refractivity contribution in [3.8, 4) is 0 Å². The Kier molecular flexibility index (Phi) is 5.93. The third kappa shape index (κ3) is 5.14. The first-order valence-electron chi connectivity index (χ1n) is 5.80. The van der Waals surface area contributed by atoms with E-state index in [0.717, 1.165) is 19.4 Å². The second-order valence-corrected chi connectivity index (χ2v) is 4.07. The molecular formula is C11H20N2O4. The predicted octanol–water partition coefficient (Wildman–Crippen LogP) is -0.567. The number of carbonyl (C=O) groups is 2. The summed E-state index contributed by atoms with van der Waals surface area (Å²) in [5.41, 5.74) is 0. The molecule has 0 radical (unpaired) electrons. The molecule has 6 nitrogen and oxygen atoms in total. The Morgan fingerprint density at radius 3 is 2.82 bits per heavy atom. The third-order valence-corrected chi connectivity index (χ3v) is 2.61. The lowest BCUT2D eigenvalue weighted by molar-refractivity contribution is -0.144. The molecule has 1 aliphatic rings. The van der Waals surface area contributed by atoms with E-state index in [1.807, 2.05) is 0 Å². The van der Waals surface area contributed by atoms with Crippen LogP contribution in [0.1, 0.15) is 19.8 Å². The average Bonchev–Trinajstić information content (AvgIpc) is 2.79. The van der Waals surface area contributed by atoms with Crippen LogP contribution in [0.25, 0.3) is 0 Å². The van der Waals surface area contributed by atoms with E-state index in [0.29, 0.717) is 13.1 Å². The van der Waals surface area contributed by atoms with Gasteiger partial charge in [-0.2, -0.15) is 0 Å². The van der Waals surface area contributed by atoms with Crippen molar-refractivity contribution in [1.29, 1.82) is 0 Å². The summed E-state index contributed by atoms with van der Waals surface area (Å²) in [5.74, 6) is -0.695. The molecule has 6 heteroatoms. The Morgan fingerprint density at radius 2 is 2.29 bits per heavy atom. The Hall–Kier alpha value is -1.14. The predicted molar refractivity (Wildman–Crippen MR) is 61.5 cm³/mol. The molecule has 1 aliphatic heterocycles. The molecule has 0 aliphatic carbocycles. The molecule has 2 N–H and O–H groups in total. The molecule has 2 unspecified atom stereocenters. The van der Waals surface area contributed by atoms with Gasteiger partial charge in [-0.3, -0.25) is 4.79 Å². The first kappa shape index (κ1) is 13.9. The molecule has 1 rings (SSSR count). The number of hydrogen-bond acceptors (Lipinski definition) is 5. The lowest BCUT2D eigenvalue weighted by Gasteiger charge is -2.17. The normalized spacial score (nSPS) is 20.9. The van der Waals surface area contributed by atoms with Crippen LogP contribution in [0.15, 0.2) is 0 Å². The van der Waals surface area contributed by atoms with E-state index in [2.05, 4.69) is 15.4 Å². The number of hydrogen-bond donors (Lipinski definition) is 2. The summed E-state index contributed by atoms with van der Waals surface area (Å²) >= 11 is 0. The molecule has 1 amide bonds. The number of esters is 1. The number of rotatable bonds is 6. The van der Waals surface area contributed by atoms with E-state index < -0.39 is 12.0 Å². The van der Waals surface area contributed by atoms with Gasteiger partial charge < -0.3 is 20.1 Å². The zero-order valence-electron chi connectivity index (χ0n) is 10.3. The molecule has 0 aromatic rings. The van der Waals surface area contributed by atoms with Crippen molar-refractivity contribution in [3.05, 3.63) is 0 Å². The lowest BCUT2D eigenvalue weighted by atomic mass is 10.2. The summed E-state index contributed by atoms with van der Waals surface area (Å²) in [6.07, 6.45) is 2.33. The molecule has 0 saturated carbocycles. The van der Waals surface area contributed by atoms with Crippen LogP contribution in [0, 0.1) is 0 Å². The van der Waals surface area contributed by atoms with Gasteiger partial charge in [-0.25, -0.2) is 4.79 Å². The van der Waals surface area contributed by atoms with Gasteiger partial charge in [-0.1, -0.05) is 0 Å². The minimum absolute atomic E-state index is 0.214. The van der Waals surface area contributed by atoms with Gasteiger partial charge in [0.2, 0.25) is 5.91 Å². The number of ether oxygens (including phenoxy) is 2. The molecule has 0 aromatic heterocycles. The molecule has 1 saturated heterocycles. The fraction of sp³-hybridized carbons (Fsp3) is 0.818. The Labute approximate surface area is 101 Å². The zero-order valence-corrected chi connectivity index (χ0v) is 10.3. The van der Waals surface area contributed by atoms with Crippen LogP contribution in [-0.2, 0) is 19.1 Å². The first-order valence-corrected chi connectivity index (χ1v) is 5.80. The number of methoxy groups -OCH3 is 1. The Balaban J connectivity index is 2.27. The maximum absolute atomic E-state index is 11.4. The smallest absolute Gasteiger partial charge is 0.329 e. The Morgan fingerprint density at radius 1 is 1.53 bits per heavy atom. The van der Waals surface area contributed by atoms with Gasteiger partial charge in [0.15, 0.2) is 0 Å². The van der Waals surface area contributed by atoms with E-state index >= 15 is 0 Å². The van der Waals surface area contributed by atoms with Crippen LogP contribution < -0.4 is 10.6 Å². The van der Waals surface area contributed by atoms with Crippen molar-refractivity contribution in [3.63, 3.8) is 0 Å². The molecule has 0 spiro atoms. The van der Waals surface area contributed by atoms with Crippen LogP contribution in [0.3, 0.4) is 0 Å². The highest BCUT2D eigenvalue weighted by molar-refractivity contribution is 5.83. The standard InChI is InChI=1S/C11H20N2O4/c1-8(14)13-10(11(15)16-2)7-12-6-9-4-3-5-17-9/h9-10,12H,3-7H2,1-2H3,(H,13,14). The summed E-state index contributed by atoms with van der Waals surface area (Å²) in [5, 5.41) is 5.65. The van der Waals surface area contributed by atoms with E-state index in [1.54, 1.807) is 0 Å². The van der Waals surface area contributed by atoms with Crippen LogP contribution in [-0.4, -0.2) is 50.8 Å². The third-order valence-electron chi connectivity index (χ3n) is 2.61. The van der Waals surface area contributed by atoms with Crippen molar-refractivity contribution in [1.82, 2.24) is 10.6 Å². The van der Waals surface area contributed by atoms with E-state index in [9.17, 15) is 9.59 Å². The Bertz CT molecular complexity index is 264. The highest BCUT2D eigenvalue weighted by Crippen LogP contribution is 2.10. The minimum atomic E-state index is -0.640. The second kappa shape index (κ2) is 7.24. The van der Waals surface area contributed by atoms with Crippen molar-refractivity contribution < 1.29 is 19.1 Å². The molecule has 2 atom stereocenters. The SMILES string of the molecule is COC(=O)C(CNCC1CCCO1)NC(C)=O. The fourth-order valence-corrected chi connectivity index (χ4v) is 1.77. The van der Waals surface area contributed by atoms with Crippen molar-refractivity contribution in [2.75, 3.05) is 26.8 Å². The van der Waals surface area contributed by atoms with Gasteiger partial charge in [0.05, 0.1) is 13.2 Å². The number of nitrogens with one attached hydrogen (secondary N) is 2.